The summed E-state index contributed by atoms with van der Waals surface area (Å²) in [6.45, 7) is 0.843. The number of benzene rings is 1. The Bertz CT molecular complexity index is 1340. The first kappa shape index (κ1) is 26.3. The molecule has 39 heavy (non-hydrogen) atoms. The lowest BCUT2D eigenvalue weighted by molar-refractivity contribution is -0.133. The molecular formula is C29H29FN6O3. The third-order valence-corrected chi connectivity index (χ3v) is 7.07. The van der Waals surface area contributed by atoms with Crippen LogP contribution in [0.4, 0.5) is 4.39 Å². The molecule has 0 radical (unpaired) electrons. The molecule has 3 amide bonds. The van der Waals surface area contributed by atoms with Crippen molar-refractivity contribution in [2.45, 2.75) is 50.0 Å². The lowest BCUT2D eigenvalue weighted by Gasteiger charge is -2.25. The molecule has 200 valence electrons. The second-order valence-corrected chi connectivity index (χ2v) is 10.1. The van der Waals surface area contributed by atoms with Crippen molar-refractivity contribution in [3.63, 3.8) is 0 Å². The first-order valence-corrected chi connectivity index (χ1v) is 13.1. The van der Waals surface area contributed by atoms with Gasteiger partial charge in [0.05, 0.1) is 24.5 Å². The van der Waals surface area contributed by atoms with E-state index in [1.807, 2.05) is 0 Å². The molecular weight excluding hydrogens is 499 g/mol. The van der Waals surface area contributed by atoms with Gasteiger partial charge >= 0.3 is 0 Å². The Labute approximate surface area is 226 Å². The minimum Gasteiger partial charge on any atom is -0.350 e. The van der Waals surface area contributed by atoms with Crippen molar-refractivity contribution in [3.8, 4) is 23.7 Å². The van der Waals surface area contributed by atoms with Gasteiger partial charge in [0, 0.05) is 54.7 Å². The molecule has 1 aliphatic carbocycles. The Hall–Kier alpha value is -4.28. The summed E-state index contributed by atoms with van der Waals surface area (Å²) in [6, 6.07) is 7.61. The number of rotatable bonds is 6. The first-order chi connectivity index (χ1) is 19.0. The maximum Gasteiger partial charge on any atom is 0.251 e. The molecule has 3 aliphatic rings. The van der Waals surface area contributed by atoms with Crippen LogP contribution in [0.25, 0.3) is 0 Å². The van der Waals surface area contributed by atoms with E-state index in [2.05, 4.69) is 49.8 Å². The van der Waals surface area contributed by atoms with E-state index < -0.39 is 12.2 Å². The minimum atomic E-state index is -1.02. The van der Waals surface area contributed by atoms with E-state index in [4.69, 9.17) is 0 Å². The maximum absolute atomic E-state index is 13.5. The Morgan fingerprint density at radius 3 is 2.46 bits per heavy atom. The highest BCUT2D eigenvalue weighted by molar-refractivity contribution is 5.94. The first-order valence-electron chi connectivity index (χ1n) is 13.1. The minimum absolute atomic E-state index is 0.0289. The molecule has 1 aromatic heterocycles. The second kappa shape index (κ2) is 12.1. The van der Waals surface area contributed by atoms with Gasteiger partial charge in [-0.1, -0.05) is 11.8 Å². The zero-order valence-corrected chi connectivity index (χ0v) is 21.3. The number of amides is 3. The van der Waals surface area contributed by atoms with E-state index in [1.54, 1.807) is 47.6 Å². The summed E-state index contributed by atoms with van der Waals surface area (Å²) in [7, 11) is 0. The highest BCUT2D eigenvalue weighted by Crippen LogP contribution is 2.33. The van der Waals surface area contributed by atoms with Gasteiger partial charge in [0.25, 0.3) is 5.91 Å². The van der Waals surface area contributed by atoms with E-state index in [0.29, 0.717) is 18.5 Å². The number of halogens is 1. The molecule has 2 saturated heterocycles. The van der Waals surface area contributed by atoms with Crippen LogP contribution in [0.5, 0.6) is 0 Å². The molecule has 3 heterocycles. The molecule has 0 bridgehead atoms. The highest BCUT2D eigenvalue weighted by atomic mass is 19.1. The highest BCUT2D eigenvalue weighted by Gasteiger charge is 2.42. The van der Waals surface area contributed by atoms with Crippen molar-refractivity contribution in [2.75, 3.05) is 19.6 Å². The summed E-state index contributed by atoms with van der Waals surface area (Å²) in [5.41, 5.74) is 1.92. The molecule has 4 atom stereocenters. The van der Waals surface area contributed by atoms with Gasteiger partial charge in [-0.15, -0.1) is 0 Å². The number of hydrogen-bond acceptors (Lipinski definition) is 6. The summed E-state index contributed by atoms with van der Waals surface area (Å²) in [5, 5.41) is 16.2. The number of likely N-dealkylation sites (tertiary alicyclic amines) is 1. The van der Waals surface area contributed by atoms with Gasteiger partial charge in [-0.05, 0) is 61.4 Å². The molecule has 0 spiro atoms. The molecule has 0 unspecified atom stereocenters. The monoisotopic (exact) mass is 528 g/mol. The van der Waals surface area contributed by atoms with Crippen LogP contribution in [0.2, 0.25) is 0 Å². The molecule has 2 aromatic rings. The Morgan fingerprint density at radius 1 is 1.03 bits per heavy atom. The predicted molar refractivity (Wildman–Crippen MR) is 141 cm³/mol. The SMILES string of the molecule is O=C(NC[C@H]1C[C@@H](NC(=O)[C@@H]2C[C@H](F)CN2)CN1C(=O)C1CC1)c1ccc(C#CC#Cc2ccnnc2)cc1. The number of carbonyl (C=O) groups is 3. The largest absolute Gasteiger partial charge is 0.350 e. The van der Waals surface area contributed by atoms with Gasteiger partial charge in [-0.3, -0.25) is 14.4 Å². The summed E-state index contributed by atoms with van der Waals surface area (Å²) in [4.78, 5) is 40.1. The second-order valence-electron chi connectivity index (χ2n) is 10.1. The summed E-state index contributed by atoms with van der Waals surface area (Å²) in [5.74, 6) is 11.0. The van der Waals surface area contributed by atoms with Crippen molar-refractivity contribution < 1.29 is 18.8 Å². The number of nitrogens with zero attached hydrogens (tertiary/aromatic N) is 3. The maximum atomic E-state index is 13.5. The number of carbonyl (C=O) groups excluding carboxylic acids is 3. The molecule has 3 N–H and O–H groups in total. The van der Waals surface area contributed by atoms with E-state index >= 15 is 0 Å². The van der Waals surface area contributed by atoms with Crippen LogP contribution in [0, 0.1) is 29.6 Å². The standard InChI is InChI=1S/C29H29FN6O3/c30-23-13-26(31-16-23)28(38)35-24-14-25(36(18-24)29(39)22-9-10-22)17-32-27(37)21-7-5-19(6-8-21)3-1-2-4-20-11-12-33-34-15-20/h5-8,11-12,15,22-26,31H,9-10,13-14,16-18H2,(H,32,37)(H,35,38)/t23-,24+,25+,26-/m0/s1. The van der Waals surface area contributed by atoms with E-state index in [0.717, 1.165) is 24.0 Å². The van der Waals surface area contributed by atoms with Crippen molar-refractivity contribution in [2.24, 2.45) is 5.92 Å². The van der Waals surface area contributed by atoms with Crippen molar-refractivity contribution in [1.29, 1.82) is 0 Å². The fraction of sp³-hybridized carbons (Fsp3) is 0.414. The van der Waals surface area contributed by atoms with Gasteiger partial charge in [0.15, 0.2) is 0 Å². The van der Waals surface area contributed by atoms with E-state index in [-0.39, 0.29) is 55.2 Å². The van der Waals surface area contributed by atoms with Crippen molar-refractivity contribution in [3.05, 3.63) is 59.4 Å². The molecule has 10 heteroatoms. The Balaban J connectivity index is 1.15. The van der Waals surface area contributed by atoms with Crippen LogP contribution >= 0.6 is 0 Å². The summed E-state index contributed by atoms with van der Waals surface area (Å²) < 4.78 is 13.5. The average Bonchev–Trinajstić information content (AvgIpc) is 3.59. The number of alkyl halides is 1. The van der Waals surface area contributed by atoms with Gasteiger partial charge in [-0.2, -0.15) is 10.2 Å². The fourth-order valence-electron chi connectivity index (χ4n) is 4.83. The topological polar surface area (TPSA) is 116 Å². The lowest BCUT2D eigenvalue weighted by Crippen LogP contribution is -2.46. The molecule has 1 aromatic carbocycles. The quantitative estimate of drug-likeness (QED) is 0.478. The van der Waals surface area contributed by atoms with Crippen molar-refractivity contribution >= 4 is 17.7 Å². The number of aromatic nitrogens is 2. The smallest absolute Gasteiger partial charge is 0.251 e. The van der Waals surface area contributed by atoms with Crippen LogP contribution in [0.3, 0.4) is 0 Å². The fourth-order valence-corrected chi connectivity index (χ4v) is 4.83. The normalized spacial score (nSPS) is 23.7. The zero-order valence-electron chi connectivity index (χ0n) is 21.3. The number of nitrogens with one attached hydrogen (secondary N) is 3. The van der Waals surface area contributed by atoms with Crippen molar-refractivity contribution in [1.82, 2.24) is 31.0 Å². The van der Waals surface area contributed by atoms with E-state index in [9.17, 15) is 18.8 Å². The van der Waals surface area contributed by atoms with Crippen LogP contribution in [-0.4, -0.2) is 76.8 Å². The third kappa shape index (κ3) is 6.98. The van der Waals surface area contributed by atoms with Gasteiger partial charge in [0.2, 0.25) is 11.8 Å². The van der Waals surface area contributed by atoms with Crippen LogP contribution in [0.15, 0.2) is 42.7 Å². The zero-order chi connectivity index (χ0) is 27.2. The summed E-state index contributed by atoms with van der Waals surface area (Å²) in [6.07, 6.45) is 4.52. The Morgan fingerprint density at radius 2 is 1.79 bits per heavy atom. The van der Waals surface area contributed by atoms with Crippen LogP contribution in [-0.2, 0) is 9.59 Å². The molecule has 3 fully saturated rings. The number of hydrogen-bond donors (Lipinski definition) is 3. The van der Waals surface area contributed by atoms with E-state index in [1.165, 1.54) is 0 Å². The molecule has 1 saturated carbocycles. The third-order valence-electron chi connectivity index (χ3n) is 7.07. The van der Waals surface area contributed by atoms with Gasteiger partial charge < -0.3 is 20.9 Å². The molecule has 2 aliphatic heterocycles. The average molecular weight is 529 g/mol. The lowest BCUT2D eigenvalue weighted by atomic mass is 10.1. The van der Waals surface area contributed by atoms with Crippen LogP contribution in [0.1, 0.15) is 47.2 Å². The molecule has 5 rings (SSSR count). The van der Waals surface area contributed by atoms with Gasteiger partial charge in [0.1, 0.15) is 6.17 Å². The summed E-state index contributed by atoms with van der Waals surface area (Å²) >= 11 is 0. The van der Waals surface area contributed by atoms with Crippen LogP contribution < -0.4 is 16.0 Å². The van der Waals surface area contributed by atoms with Gasteiger partial charge in [-0.25, -0.2) is 4.39 Å². The Kier molecular flexibility index (Phi) is 8.14. The molecule has 9 nitrogen and oxygen atoms in total. The predicted octanol–water partition coefficient (Wildman–Crippen LogP) is 0.805.